The molecule has 1 atom stereocenters. The predicted molar refractivity (Wildman–Crippen MR) is 262 cm³/mol. The zero-order valence-electron chi connectivity index (χ0n) is 34.9. The third-order valence-corrected chi connectivity index (χ3v) is 14.2. The van der Waals surface area contributed by atoms with Gasteiger partial charge in [-0.3, -0.25) is 9.97 Å². The van der Waals surface area contributed by atoms with Crippen molar-refractivity contribution in [3.63, 3.8) is 0 Å². The van der Waals surface area contributed by atoms with Gasteiger partial charge in [-0.1, -0.05) is 115 Å². The molecule has 0 fully saturated rings. The molecule has 302 valence electrons. The lowest BCUT2D eigenvalue weighted by atomic mass is 9.66. The average Bonchev–Trinajstić information content (AvgIpc) is 4.08. The van der Waals surface area contributed by atoms with E-state index >= 15 is 0 Å². The molecule has 0 radical (unpaired) electrons. The monoisotopic (exact) mass is 829 g/mol. The van der Waals surface area contributed by atoms with Crippen LogP contribution >= 0.6 is 0 Å². The van der Waals surface area contributed by atoms with Crippen molar-refractivity contribution in [1.29, 1.82) is 0 Å². The van der Waals surface area contributed by atoms with E-state index in [9.17, 15) is 0 Å². The molecule has 65 heavy (non-hydrogen) atoms. The predicted octanol–water partition coefficient (Wildman–Crippen LogP) is 14.2. The second-order valence-corrected chi connectivity index (χ2v) is 17.3. The van der Waals surface area contributed by atoms with Gasteiger partial charge in [0.25, 0.3) is 0 Å². The van der Waals surface area contributed by atoms with Crippen LogP contribution in [0.25, 0.3) is 93.9 Å². The number of nitrogens with zero attached hydrogens (tertiary/aromatic N) is 5. The van der Waals surface area contributed by atoms with Gasteiger partial charge in [-0.15, -0.1) is 0 Å². The highest BCUT2D eigenvalue weighted by molar-refractivity contribution is 6.13. The summed E-state index contributed by atoms with van der Waals surface area (Å²) in [5, 5.41) is 7.31. The van der Waals surface area contributed by atoms with Crippen molar-refractivity contribution in [3.05, 3.63) is 235 Å². The van der Waals surface area contributed by atoms with Crippen LogP contribution in [0.1, 0.15) is 22.3 Å². The van der Waals surface area contributed by atoms with Gasteiger partial charge in [0.2, 0.25) is 0 Å². The molecule has 15 rings (SSSR count). The minimum absolute atomic E-state index is 0.788. The zero-order valence-corrected chi connectivity index (χ0v) is 34.9. The number of fused-ring (bicyclic) bond motifs is 18. The summed E-state index contributed by atoms with van der Waals surface area (Å²) < 4.78 is 14.1. The highest BCUT2D eigenvalue weighted by Crippen LogP contribution is 2.62. The molecule has 1 aliphatic carbocycles. The minimum atomic E-state index is -0.788. The maximum Gasteiger partial charge on any atom is 0.132 e. The first kappa shape index (κ1) is 34.8. The Morgan fingerprint density at radius 3 is 1.40 bits per heavy atom. The summed E-state index contributed by atoms with van der Waals surface area (Å²) in [6.07, 6.45) is 3.90. The van der Waals surface area contributed by atoms with E-state index in [1.165, 1.54) is 43.4 Å². The van der Waals surface area contributed by atoms with Crippen molar-refractivity contribution in [2.45, 2.75) is 5.41 Å². The van der Waals surface area contributed by atoms with E-state index < -0.39 is 5.41 Å². The molecule has 6 nitrogen and oxygen atoms in total. The van der Waals surface area contributed by atoms with Crippen LogP contribution in [0.15, 0.2) is 213 Å². The Morgan fingerprint density at radius 2 is 0.769 bits per heavy atom. The topological polar surface area (TPSA) is 49.8 Å². The van der Waals surface area contributed by atoms with Crippen LogP contribution < -0.4 is 4.74 Å². The number of aromatic nitrogens is 5. The quantitative estimate of drug-likeness (QED) is 0.178. The Hall–Kier alpha value is -8.74. The first-order chi connectivity index (χ1) is 32.3. The number of hydrogen-bond acceptors (Lipinski definition) is 3. The summed E-state index contributed by atoms with van der Waals surface area (Å²) in [5.74, 6) is 1.64. The highest BCUT2D eigenvalue weighted by atomic mass is 16.5. The van der Waals surface area contributed by atoms with E-state index in [0.717, 1.165) is 84.3 Å². The van der Waals surface area contributed by atoms with Gasteiger partial charge in [0, 0.05) is 66.6 Å². The molecule has 6 heteroatoms. The van der Waals surface area contributed by atoms with Crippen LogP contribution in [-0.2, 0) is 5.41 Å². The molecule has 0 amide bonds. The Labute approximate surface area is 372 Å². The largest absolute Gasteiger partial charge is 0.457 e. The summed E-state index contributed by atoms with van der Waals surface area (Å²) in [4.78, 5) is 10.4. The zero-order chi connectivity index (χ0) is 42.4. The summed E-state index contributed by atoms with van der Waals surface area (Å²) in [6, 6.07) is 72.3. The summed E-state index contributed by atoms with van der Waals surface area (Å²) >= 11 is 0. The van der Waals surface area contributed by atoms with Crippen molar-refractivity contribution in [1.82, 2.24) is 23.7 Å². The lowest BCUT2D eigenvalue weighted by Crippen LogP contribution is -2.32. The third-order valence-electron chi connectivity index (χ3n) is 14.2. The normalized spacial score (nSPS) is 15.0. The molecule has 13 aromatic rings. The van der Waals surface area contributed by atoms with Gasteiger partial charge in [0.15, 0.2) is 0 Å². The van der Waals surface area contributed by atoms with Gasteiger partial charge in [-0.05, 0) is 90.5 Å². The fourth-order valence-corrected chi connectivity index (χ4v) is 11.6. The minimum Gasteiger partial charge on any atom is -0.457 e. The molecule has 1 aliphatic heterocycles. The molecule has 1 spiro atoms. The molecule has 1 unspecified atom stereocenters. The summed E-state index contributed by atoms with van der Waals surface area (Å²) in [7, 11) is 0. The third kappa shape index (κ3) is 4.47. The van der Waals surface area contributed by atoms with Crippen LogP contribution in [0.2, 0.25) is 0 Å². The number of hydrogen-bond donors (Lipinski definition) is 0. The van der Waals surface area contributed by atoms with Gasteiger partial charge >= 0.3 is 0 Å². The second-order valence-electron chi connectivity index (χ2n) is 17.3. The van der Waals surface area contributed by atoms with Crippen LogP contribution in [-0.4, -0.2) is 23.7 Å². The molecule has 5 aromatic heterocycles. The molecule has 8 aromatic carbocycles. The number of benzene rings is 8. The Balaban J connectivity index is 0.994. The van der Waals surface area contributed by atoms with Gasteiger partial charge in [-0.2, -0.15) is 0 Å². The van der Waals surface area contributed by atoms with Crippen molar-refractivity contribution < 1.29 is 4.74 Å². The molecule has 0 N–H and O–H groups in total. The molecule has 2 aliphatic rings. The fourth-order valence-electron chi connectivity index (χ4n) is 11.6. The Bertz CT molecular complexity index is 4080. The summed E-state index contributed by atoms with van der Waals surface area (Å²) in [5.41, 5.74) is 15.4. The van der Waals surface area contributed by atoms with Crippen LogP contribution in [0.5, 0.6) is 11.5 Å². The molecule has 0 saturated carbocycles. The van der Waals surface area contributed by atoms with Crippen molar-refractivity contribution in [2.24, 2.45) is 0 Å². The van der Waals surface area contributed by atoms with E-state index in [1.54, 1.807) is 0 Å². The van der Waals surface area contributed by atoms with E-state index in [0.29, 0.717) is 0 Å². The number of ether oxygens (including phenoxy) is 1. The molecule has 0 saturated heterocycles. The molecular weight excluding hydrogens is 795 g/mol. The maximum absolute atomic E-state index is 6.93. The standard InChI is InChI=1S/C59H35N5O/c1-7-21-49-39(14-1)40-15-2-8-22-50(40)62(49)36-27-29-54-44(32-36)43-18-5-11-25-53(43)63(54)37-28-30-56-47(33-37)59(45-19-6-12-26-55(45)65-56)46-20-13-31-60-57(46)58-48(59)34-38(35-61-58)64-51-23-9-3-16-41(51)42-17-4-10-24-52(42)64/h1-35H. The lowest BCUT2D eigenvalue weighted by molar-refractivity contribution is 0.436. The number of rotatable bonds is 3. The molecule has 0 bridgehead atoms. The van der Waals surface area contributed by atoms with E-state index in [-0.39, 0.29) is 0 Å². The molecular formula is C59H35N5O. The van der Waals surface area contributed by atoms with Crippen LogP contribution in [0.3, 0.4) is 0 Å². The van der Waals surface area contributed by atoms with Crippen LogP contribution in [0, 0.1) is 0 Å². The van der Waals surface area contributed by atoms with Gasteiger partial charge in [0.1, 0.15) is 11.5 Å². The van der Waals surface area contributed by atoms with E-state index in [2.05, 4.69) is 214 Å². The fraction of sp³-hybridized carbons (Fsp3) is 0.0169. The van der Waals surface area contributed by atoms with Crippen molar-refractivity contribution in [2.75, 3.05) is 0 Å². The van der Waals surface area contributed by atoms with Gasteiger partial charge in [-0.25, -0.2) is 0 Å². The molecule has 6 heterocycles. The summed E-state index contributed by atoms with van der Waals surface area (Å²) in [6.45, 7) is 0. The Morgan fingerprint density at radius 1 is 0.323 bits per heavy atom. The highest BCUT2D eigenvalue weighted by Gasteiger charge is 2.53. The van der Waals surface area contributed by atoms with E-state index in [4.69, 9.17) is 14.7 Å². The average molecular weight is 830 g/mol. The second kappa shape index (κ2) is 12.7. The van der Waals surface area contributed by atoms with Crippen molar-refractivity contribution >= 4 is 65.4 Å². The van der Waals surface area contributed by atoms with Gasteiger partial charge < -0.3 is 18.4 Å². The SMILES string of the molecule is c1ccc2c(c1)Oc1ccc(-n3c4ccccc4c4cc(-n5c6ccccc6c6ccccc65)ccc43)cc1C21c2cccnc2-c2ncc(-n3c4ccccc4c4ccccc43)cc21. The van der Waals surface area contributed by atoms with Crippen molar-refractivity contribution in [3.8, 4) is 39.9 Å². The Kier molecular flexibility index (Phi) is 6.79. The first-order valence-electron chi connectivity index (χ1n) is 22.1. The smallest absolute Gasteiger partial charge is 0.132 e. The van der Waals surface area contributed by atoms with Gasteiger partial charge in [0.05, 0.1) is 61.8 Å². The first-order valence-corrected chi connectivity index (χ1v) is 22.1. The number of para-hydroxylation sites is 6. The maximum atomic E-state index is 6.93. The number of pyridine rings is 2. The van der Waals surface area contributed by atoms with E-state index in [1.807, 2.05) is 12.4 Å². The lowest BCUT2D eigenvalue weighted by Gasteiger charge is -2.39. The van der Waals surface area contributed by atoms with Crippen LogP contribution in [0.4, 0.5) is 0 Å².